The van der Waals surface area contributed by atoms with E-state index in [2.05, 4.69) is 6.92 Å². The highest BCUT2D eigenvalue weighted by molar-refractivity contribution is 6.34. The predicted octanol–water partition coefficient (Wildman–Crippen LogP) is 9.84. The number of ether oxygens (including phenoxy) is 3. The number of unbranched alkanes of at least 4 members (excludes halogenated alkanes) is 11. The van der Waals surface area contributed by atoms with Crippen LogP contribution in [-0.2, 0) is 4.74 Å². The number of hydrogen-bond acceptors (Lipinski definition) is 5. The molecule has 0 radical (unpaired) electrons. The largest absolute Gasteiger partial charge is 0.494 e. The number of halogens is 1. The molecule has 216 valence electrons. The van der Waals surface area contributed by atoms with Crippen molar-refractivity contribution in [2.75, 3.05) is 13.2 Å². The molecular weight excluding hydrogens is 512 g/mol. The summed E-state index contributed by atoms with van der Waals surface area (Å²) in [5.41, 5.74) is 0.407. The van der Waals surface area contributed by atoms with Crippen LogP contribution in [0.5, 0.6) is 11.5 Å². The molecule has 2 rings (SSSR count). The van der Waals surface area contributed by atoms with E-state index < -0.39 is 11.9 Å². The molecule has 0 N–H and O–H groups in total. The molecule has 2 aromatic rings. The molecule has 0 bridgehead atoms. The number of hydrogen-bond donors (Lipinski definition) is 0. The highest BCUT2D eigenvalue weighted by Crippen LogP contribution is 2.28. The molecule has 0 aromatic heterocycles. The minimum atomic E-state index is -0.606. The minimum absolute atomic E-state index is 0.0539. The zero-order valence-corrected chi connectivity index (χ0v) is 24.9. The Morgan fingerprint density at radius 2 is 1.36 bits per heavy atom. The minimum Gasteiger partial charge on any atom is -0.494 e. The van der Waals surface area contributed by atoms with Gasteiger partial charge >= 0.3 is 11.9 Å². The van der Waals surface area contributed by atoms with Crippen molar-refractivity contribution < 1.29 is 23.8 Å². The lowest BCUT2D eigenvalue weighted by Gasteiger charge is -2.13. The molecule has 39 heavy (non-hydrogen) atoms. The smallest absolute Gasteiger partial charge is 0.343 e. The van der Waals surface area contributed by atoms with Crippen LogP contribution in [0, 0.1) is 5.92 Å². The standard InChI is InChI=1S/C33H47ClO5/c1-4-6-7-8-9-10-11-12-13-14-15-16-24-37-28-22-20-27(21-23-28)32(35)39-30-19-17-18-29(34)31(30)33(36)38-25-26(3)5-2/h17-23,26H,4-16,24-25H2,1-3H3. The number of benzene rings is 2. The number of carbonyl (C=O) groups excluding carboxylic acids is 2. The van der Waals surface area contributed by atoms with Gasteiger partial charge in [-0.3, -0.25) is 0 Å². The lowest BCUT2D eigenvalue weighted by atomic mass is 10.1. The molecule has 1 unspecified atom stereocenters. The van der Waals surface area contributed by atoms with Crippen molar-refractivity contribution in [3.8, 4) is 11.5 Å². The Balaban J connectivity index is 1.70. The van der Waals surface area contributed by atoms with Gasteiger partial charge in [0.15, 0.2) is 0 Å². The SMILES string of the molecule is CCCCCCCCCCCCCCOc1ccc(C(=O)Oc2cccc(Cl)c2C(=O)OCC(C)CC)cc1. The van der Waals surface area contributed by atoms with Gasteiger partial charge in [-0.15, -0.1) is 0 Å². The van der Waals surface area contributed by atoms with Crippen LogP contribution in [0.1, 0.15) is 125 Å². The van der Waals surface area contributed by atoms with E-state index in [4.69, 9.17) is 25.8 Å². The highest BCUT2D eigenvalue weighted by atomic mass is 35.5. The van der Waals surface area contributed by atoms with E-state index in [-0.39, 0.29) is 28.9 Å². The normalized spacial score (nSPS) is 11.7. The van der Waals surface area contributed by atoms with E-state index in [0.717, 1.165) is 12.8 Å². The van der Waals surface area contributed by atoms with Gasteiger partial charge in [-0.05, 0) is 48.7 Å². The Morgan fingerprint density at radius 1 is 0.769 bits per heavy atom. The van der Waals surface area contributed by atoms with Crippen molar-refractivity contribution in [3.05, 3.63) is 58.6 Å². The van der Waals surface area contributed by atoms with E-state index in [1.807, 2.05) is 13.8 Å². The fraction of sp³-hybridized carbons (Fsp3) is 0.576. The maximum absolute atomic E-state index is 12.8. The summed E-state index contributed by atoms with van der Waals surface area (Å²) < 4.78 is 16.7. The van der Waals surface area contributed by atoms with E-state index >= 15 is 0 Å². The van der Waals surface area contributed by atoms with Crippen LogP contribution in [0.25, 0.3) is 0 Å². The molecular formula is C33H47ClO5. The lowest BCUT2D eigenvalue weighted by Crippen LogP contribution is -2.15. The molecule has 6 heteroatoms. The summed E-state index contributed by atoms with van der Waals surface area (Å²) in [4.78, 5) is 25.4. The van der Waals surface area contributed by atoms with Gasteiger partial charge in [0.25, 0.3) is 0 Å². The van der Waals surface area contributed by atoms with Crippen molar-refractivity contribution in [1.82, 2.24) is 0 Å². The van der Waals surface area contributed by atoms with Crippen LogP contribution >= 0.6 is 11.6 Å². The van der Waals surface area contributed by atoms with Crippen LogP contribution in [-0.4, -0.2) is 25.2 Å². The molecule has 0 saturated heterocycles. The average Bonchev–Trinajstić information content (AvgIpc) is 2.94. The summed E-state index contributed by atoms with van der Waals surface area (Å²) in [5.74, 6) is -0.172. The van der Waals surface area contributed by atoms with E-state index in [1.54, 1.807) is 36.4 Å². The summed E-state index contributed by atoms with van der Waals surface area (Å²) in [6.45, 7) is 7.21. The second kappa shape index (κ2) is 19.5. The van der Waals surface area contributed by atoms with Crippen LogP contribution in [0.4, 0.5) is 0 Å². The predicted molar refractivity (Wildman–Crippen MR) is 159 cm³/mol. The van der Waals surface area contributed by atoms with Crippen molar-refractivity contribution in [2.24, 2.45) is 5.92 Å². The van der Waals surface area contributed by atoms with Gasteiger partial charge in [0.2, 0.25) is 0 Å². The first-order valence-corrected chi connectivity index (χ1v) is 15.2. The van der Waals surface area contributed by atoms with Crippen LogP contribution in [0.2, 0.25) is 5.02 Å². The number of carbonyl (C=O) groups is 2. The Morgan fingerprint density at radius 3 is 1.95 bits per heavy atom. The molecule has 0 aliphatic heterocycles. The summed E-state index contributed by atoms with van der Waals surface area (Å²) in [5, 5.41) is 0.177. The molecule has 0 spiro atoms. The van der Waals surface area contributed by atoms with Crippen molar-refractivity contribution in [1.29, 1.82) is 0 Å². The lowest BCUT2D eigenvalue weighted by molar-refractivity contribution is 0.0442. The first-order chi connectivity index (χ1) is 19.0. The molecule has 1 atom stereocenters. The summed E-state index contributed by atoms with van der Waals surface area (Å²) in [6, 6.07) is 11.6. The first kappa shape index (κ1) is 32.7. The van der Waals surface area contributed by atoms with Crippen LogP contribution < -0.4 is 9.47 Å². The molecule has 2 aromatic carbocycles. The highest BCUT2D eigenvalue weighted by Gasteiger charge is 2.21. The summed E-state index contributed by atoms with van der Waals surface area (Å²) in [6.07, 6.45) is 16.6. The van der Waals surface area contributed by atoms with E-state index in [1.165, 1.54) is 76.7 Å². The fourth-order valence-corrected chi connectivity index (χ4v) is 4.42. The molecule has 0 heterocycles. The monoisotopic (exact) mass is 558 g/mol. The first-order valence-electron chi connectivity index (χ1n) is 14.9. The zero-order chi connectivity index (χ0) is 28.3. The molecule has 0 amide bonds. The van der Waals surface area contributed by atoms with Gasteiger partial charge in [-0.25, -0.2) is 9.59 Å². The van der Waals surface area contributed by atoms with E-state index in [0.29, 0.717) is 17.9 Å². The van der Waals surface area contributed by atoms with Gasteiger partial charge < -0.3 is 14.2 Å². The van der Waals surface area contributed by atoms with Crippen molar-refractivity contribution in [2.45, 2.75) is 104 Å². The Hall–Kier alpha value is -2.53. The molecule has 0 aliphatic rings. The number of rotatable bonds is 20. The third-order valence-corrected chi connectivity index (χ3v) is 7.25. The van der Waals surface area contributed by atoms with Gasteiger partial charge in [0, 0.05) is 0 Å². The molecule has 0 saturated carbocycles. The third kappa shape index (κ3) is 12.9. The Bertz CT molecular complexity index is 973. The molecule has 0 fully saturated rings. The van der Waals surface area contributed by atoms with E-state index in [9.17, 15) is 9.59 Å². The second-order valence-corrected chi connectivity index (χ2v) is 10.8. The topological polar surface area (TPSA) is 61.8 Å². The molecule has 0 aliphatic carbocycles. The van der Waals surface area contributed by atoms with Gasteiger partial charge in [0.1, 0.15) is 17.1 Å². The maximum Gasteiger partial charge on any atom is 0.343 e. The molecule has 5 nitrogen and oxygen atoms in total. The number of esters is 2. The summed E-state index contributed by atoms with van der Waals surface area (Å²) in [7, 11) is 0. The van der Waals surface area contributed by atoms with Crippen LogP contribution in [0.3, 0.4) is 0 Å². The van der Waals surface area contributed by atoms with Gasteiger partial charge in [-0.2, -0.15) is 0 Å². The summed E-state index contributed by atoms with van der Waals surface area (Å²) >= 11 is 6.24. The van der Waals surface area contributed by atoms with Gasteiger partial charge in [-0.1, -0.05) is 115 Å². The quantitative estimate of drug-likeness (QED) is 0.0918. The Kier molecular flexibility index (Phi) is 16.4. The van der Waals surface area contributed by atoms with Crippen molar-refractivity contribution >= 4 is 23.5 Å². The Labute approximate surface area is 240 Å². The average molecular weight is 559 g/mol. The van der Waals surface area contributed by atoms with Crippen LogP contribution in [0.15, 0.2) is 42.5 Å². The third-order valence-electron chi connectivity index (χ3n) is 6.93. The van der Waals surface area contributed by atoms with Crippen molar-refractivity contribution in [3.63, 3.8) is 0 Å². The zero-order valence-electron chi connectivity index (χ0n) is 24.1. The second-order valence-electron chi connectivity index (χ2n) is 10.4. The fourth-order valence-electron chi connectivity index (χ4n) is 4.17. The maximum atomic E-state index is 12.8. The van der Waals surface area contributed by atoms with Gasteiger partial charge in [0.05, 0.1) is 23.8 Å².